The van der Waals surface area contributed by atoms with Gasteiger partial charge in [-0.15, -0.1) is 0 Å². The van der Waals surface area contributed by atoms with Crippen LogP contribution < -0.4 is 0 Å². The van der Waals surface area contributed by atoms with Crippen LogP contribution in [0.4, 0.5) is 0 Å². The first-order valence-electron chi connectivity index (χ1n) is 15.6. The highest BCUT2D eigenvalue weighted by atomic mass is 16.6. The predicted molar refractivity (Wildman–Crippen MR) is 93.0 cm³/mol. The molecule has 0 aromatic rings. The Bertz CT molecular complexity index is 943. The van der Waals surface area contributed by atoms with Crippen LogP contribution in [0.15, 0.2) is 11.8 Å². The number of aliphatic carboxylic acids is 1. The Morgan fingerprint density at radius 2 is 1.78 bits per heavy atom. The van der Waals surface area contributed by atoms with Gasteiger partial charge in [-0.3, -0.25) is 14.9 Å². The van der Waals surface area contributed by atoms with Crippen LogP contribution in [0.1, 0.15) is 120 Å². The zero-order valence-electron chi connectivity index (χ0n) is 29.6. The number of hydrogen-bond donors (Lipinski definition) is 1. The standard InChI is InChI=1S/C18H33NO4/c1-2-3-4-5-8-11-14-17(19(22)23)15-12-9-6-7-10-13-16-18(20)21/h15H,2-14,16H2,1H3,(H,20,21)/b17-15-/i1D3,2D2,3D2,4D2,5D2,8D2,11D2,14D2. The quantitative estimate of drug-likeness (QED) is 0.221. The summed E-state index contributed by atoms with van der Waals surface area (Å²) in [5.41, 5.74) is -1.52. The normalized spacial score (nSPS) is 27.5. The molecule has 0 bridgehead atoms. The monoisotopic (exact) mass is 344 g/mol. The molecule has 0 fully saturated rings. The molecule has 0 radical (unpaired) electrons. The van der Waals surface area contributed by atoms with Gasteiger partial charge < -0.3 is 5.11 Å². The summed E-state index contributed by atoms with van der Waals surface area (Å²) in [6.07, 6.45) is -27.7. The number of carboxylic acids is 1. The second-order valence-electron chi connectivity index (χ2n) is 4.42. The SMILES string of the molecule is [2H]C([2H])([2H])C([2H])([2H])C([2H])([2H])C([2H])([2H])C([2H])([2H])C([2H])([2H])C([2H])([2H])C([2H])([2H])/C(=C/CCCCCCCC(=O)O)[N+](=O)[O-]. The molecule has 0 rings (SSSR count). The van der Waals surface area contributed by atoms with Crippen LogP contribution in [0.3, 0.4) is 0 Å². The van der Waals surface area contributed by atoms with Gasteiger partial charge in [0.25, 0.3) is 0 Å². The number of rotatable bonds is 16. The van der Waals surface area contributed by atoms with E-state index in [4.69, 9.17) is 28.4 Å². The molecule has 0 saturated carbocycles. The summed E-state index contributed by atoms with van der Waals surface area (Å²) in [4.78, 5) is 20.8. The van der Waals surface area contributed by atoms with Crippen LogP contribution >= 0.6 is 0 Å². The van der Waals surface area contributed by atoms with Crippen LogP contribution in [0.2, 0.25) is 0 Å². The Morgan fingerprint density at radius 3 is 2.48 bits per heavy atom. The van der Waals surface area contributed by atoms with E-state index >= 15 is 0 Å². The third kappa shape index (κ3) is 15.3. The summed E-state index contributed by atoms with van der Waals surface area (Å²) in [6.45, 7) is -3.89. The molecule has 0 unspecified atom stereocenters. The van der Waals surface area contributed by atoms with Crippen molar-refractivity contribution in [2.24, 2.45) is 0 Å². The Hall–Kier alpha value is -1.39. The van der Waals surface area contributed by atoms with Crippen LogP contribution in [0.25, 0.3) is 0 Å². The molecule has 5 heteroatoms. The Morgan fingerprint density at radius 1 is 1.13 bits per heavy atom. The third-order valence-electron chi connectivity index (χ3n) is 2.63. The number of carboxylic acid groups (broad SMARTS) is 1. The van der Waals surface area contributed by atoms with Crippen molar-refractivity contribution in [2.75, 3.05) is 0 Å². The molecular formula is C18H33NO4. The van der Waals surface area contributed by atoms with Crippen LogP contribution in [0, 0.1) is 10.1 Å². The highest BCUT2D eigenvalue weighted by Crippen LogP contribution is 2.14. The molecule has 0 heterocycles. The van der Waals surface area contributed by atoms with Gasteiger partial charge in [-0.05, 0) is 31.7 Å². The van der Waals surface area contributed by atoms with Gasteiger partial charge in [-0.1, -0.05) is 58.0 Å². The van der Waals surface area contributed by atoms with Gasteiger partial charge in [0.2, 0.25) is 5.70 Å². The fourth-order valence-electron chi connectivity index (χ4n) is 1.58. The van der Waals surface area contributed by atoms with E-state index in [1.807, 2.05) is 0 Å². The highest BCUT2D eigenvalue weighted by Gasteiger charge is 2.09. The molecule has 1 N–H and O–H groups in total. The first-order chi connectivity index (χ1) is 17.5. The molecule has 0 aliphatic rings. The van der Waals surface area contributed by atoms with Crippen LogP contribution in [-0.2, 0) is 4.79 Å². The minimum absolute atomic E-state index is 0.0452. The molecular weight excluding hydrogens is 294 g/mol. The number of unbranched alkanes of at least 4 members (excludes halogenated alkanes) is 5. The molecule has 23 heavy (non-hydrogen) atoms. The van der Waals surface area contributed by atoms with Crippen molar-refractivity contribution in [1.82, 2.24) is 0 Å². The molecule has 0 amide bonds. The minimum atomic E-state index is -4.50. The second-order valence-corrected chi connectivity index (χ2v) is 4.42. The Labute approximate surface area is 164 Å². The Kier molecular flexibility index (Phi) is 4.37. The molecule has 0 saturated heterocycles. The third-order valence-corrected chi connectivity index (χ3v) is 2.63. The van der Waals surface area contributed by atoms with Crippen molar-refractivity contribution in [3.63, 3.8) is 0 Å². The van der Waals surface area contributed by atoms with E-state index in [1.165, 1.54) is 0 Å². The maximum absolute atomic E-state index is 11.6. The molecule has 0 aromatic carbocycles. The van der Waals surface area contributed by atoms with Gasteiger partial charge >= 0.3 is 5.97 Å². The van der Waals surface area contributed by atoms with Crippen molar-refractivity contribution in [3.8, 4) is 0 Å². The van der Waals surface area contributed by atoms with E-state index in [0.717, 1.165) is 0 Å². The average molecular weight is 345 g/mol. The lowest BCUT2D eigenvalue weighted by Crippen LogP contribution is -1.99. The van der Waals surface area contributed by atoms with E-state index in [9.17, 15) is 14.9 Å². The molecule has 0 aromatic heterocycles. The fourth-order valence-corrected chi connectivity index (χ4v) is 1.58. The molecule has 0 atom stereocenters. The maximum atomic E-state index is 11.6. The number of allylic oxidation sites excluding steroid dienone is 2. The molecule has 134 valence electrons. The van der Waals surface area contributed by atoms with Crippen molar-refractivity contribution >= 4 is 5.97 Å². The number of hydrogen-bond acceptors (Lipinski definition) is 3. The topological polar surface area (TPSA) is 80.4 Å². The zero-order chi connectivity index (χ0) is 32.4. The molecule has 0 aliphatic heterocycles. The number of nitrogens with zero attached hydrogens (tertiary/aromatic N) is 1. The van der Waals surface area contributed by atoms with Gasteiger partial charge in [-0.2, -0.15) is 0 Å². The van der Waals surface area contributed by atoms with Gasteiger partial charge in [0.05, 0.1) is 4.92 Å². The first-order valence-corrected chi connectivity index (χ1v) is 7.07. The summed E-state index contributed by atoms with van der Waals surface area (Å²) in [6, 6.07) is 0. The summed E-state index contributed by atoms with van der Waals surface area (Å²) in [5.74, 6) is -0.973. The van der Waals surface area contributed by atoms with E-state index in [1.54, 1.807) is 0 Å². The largest absolute Gasteiger partial charge is 0.481 e. The lowest BCUT2D eigenvalue weighted by molar-refractivity contribution is -0.428. The fraction of sp³-hybridized carbons (Fsp3) is 0.833. The van der Waals surface area contributed by atoms with E-state index in [0.29, 0.717) is 31.8 Å². The van der Waals surface area contributed by atoms with Crippen molar-refractivity contribution < 1.29 is 38.1 Å². The summed E-state index contributed by atoms with van der Waals surface area (Å²) in [5, 5.41) is 20.3. The Balaban J connectivity index is 6.34. The van der Waals surface area contributed by atoms with Crippen LogP contribution in [-0.4, -0.2) is 16.0 Å². The van der Waals surface area contributed by atoms with Crippen molar-refractivity contribution in [3.05, 3.63) is 21.9 Å². The van der Waals surface area contributed by atoms with Gasteiger partial charge in [0.15, 0.2) is 0 Å². The van der Waals surface area contributed by atoms with Gasteiger partial charge in [0.1, 0.15) is 0 Å². The summed E-state index contributed by atoms with van der Waals surface area (Å²) in [7, 11) is 0. The van der Waals surface area contributed by atoms with E-state index in [-0.39, 0.29) is 19.3 Å². The summed E-state index contributed by atoms with van der Waals surface area (Å²) >= 11 is 0. The van der Waals surface area contributed by atoms with Gasteiger partial charge in [0, 0.05) is 36.1 Å². The van der Waals surface area contributed by atoms with E-state index < -0.39 is 68.1 Å². The van der Waals surface area contributed by atoms with Gasteiger partial charge in [-0.25, -0.2) is 0 Å². The molecule has 0 aliphatic carbocycles. The lowest BCUT2D eigenvalue weighted by Gasteiger charge is -2.01. The minimum Gasteiger partial charge on any atom is -0.481 e. The molecule has 0 spiro atoms. The number of nitro groups is 1. The lowest BCUT2D eigenvalue weighted by atomic mass is 10.1. The molecule has 5 nitrogen and oxygen atoms in total. The van der Waals surface area contributed by atoms with Crippen molar-refractivity contribution in [1.29, 1.82) is 0 Å². The second kappa shape index (κ2) is 15.5. The smallest absolute Gasteiger partial charge is 0.303 e. The zero-order valence-corrected chi connectivity index (χ0v) is 12.6. The maximum Gasteiger partial charge on any atom is 0.303 e. The number of carbonyl (C=O) groups is 1. The van der Waals surface area contributed by atoms with E-state index in [2.05, 4.69) is 0 Å². The van der Waals surface area contributed by atoms with Crippen molar-refractivity contribution in [2.45, 2.75) is 96.4 Å². The van der Waals surface area contributed by atoms with Crippen LogP contribution in [0.5, 0.6) is 0 Å². The first kappa shape index (κ1) is 6.49. The highest BCUT2D eigenvalue weighted by molar-refractivity contribution is 5.66. The predicted octanol–water partition coefficient (Wildman–Crippen LogP) is 5.71. The summed E-state index contributed by atoms with van der Waals surface area (Å²) < 4.78 is 133. The average Bonchev–Trinajstić information content (AvgIpc) is 2.75.